The smallest absolute Gasteiger partial charge is 0.222 e. The number of nitrogens with zero attached hydrogens (tertiary/aromatic N) is 2. The first-order valence-electron chi connectivity index (χ1n) is 9.56. The molecular formula is C20H29ClFN3OS. The van der Waals surface area contributed by atoms with Crippen molar-refractivity contribution < 1.29 is 9.18 Å². The van der Waals surface area contributed by atoms with Crippen LogP contribution in [0.5, 0.6) is 0 Å². The number of halogens is 2. The summed E-state index contributed by atoms with van der Waals surface area (Å²) in [6, 6.07) is 6.87. The minimum atomic E-state index is -0.259. The first-order chi connectivity index (χ1) is 12.6. The molecule has 3 rings (SSSR count). The fraction of sp³-hybridized carbons (Fsp3) is 0.600. The van der Waals surface area contributed by atoms with Gasteiger partial charge in [-0.2, -0.15) is 0 Å². The van der Waals surface area contributed by atoms with E-state index in [1.165, 1.54) is 50.7 Å². The number of nitrogens with one attached hydrogen (secondary N) is 1. The first-order valence-corrected chi connectivity index (χ1v) is 10.5. The number of thioether (sulfide) groups is 1. The number of hydrogen-bond donors (Lipinski definition) is 1. The van der Waals surface area contributed by atoms with Crippen LogP contribution in [0.25, 0.3) is 0 Å². The summed E-state index contributed by atoms with van der Waals surface area (Å²) in [6.07, 6.45) is 8.09. The molecule has 7 heteroatoms. The Kier molecular flexibility index (Phi) is 8.90. The van der Waals surface area contributed by atoms with Crippen molar-refractivity contribution in [3.8, 4) is 0 Å². The van der Waals surface area contributed by atoms with E-state index < -0.39 is 0 Å². The lowest BCUT2D eigenvalue weighted by atomic mass is 10.1. The van der Waals surface area contributed by atoms with Gasteiger partial charge in [0.25, 0.3) is 0 Å². The van der Waals surface area contributed by atoms with Crippen molar-refractivity contribution in [2.45, 2.75) is 63.6 Å². The molecule has 2 fully saturated rings. The zero-order valence-corrected chi connectivity index (χ0v) is 17.5. The Morgan fingerprint density at radius 2 is 1.89 bits per heavy atom. The Bertz CT molecular complexity index is 633. The fourth-order valence-corrected chi connectivity index (χ4v) is 4.76. The molecular weight excluding hydrogens is 385 g/mol. The number of carbonyl (C=O) groups excluding carboxylic acids is 1. The molecule has 1 aliphatic heterocycles. The molecule has 1 aromatic carbocycles. The average Bonchev–Trinajstić information content (AvgIpc) is 2.84. The number of amides is 1. The van der Waals surface area contributed by atoms with Gasteiger partial charge < -0.3 is 10.2 Å². The predicted octanol–water partition coefficient (Wildman–Crippen LogP) is 4.38. The Morgan fingerprint density at radius 1 is 1.22 bits per heavy atom. The van der Waals surface area contributed by atoms with E-state index >= 15 is 0 Å². The van der Waals surface area contributed by atoms with Crippen LogP contribution >= 0.6 is 24.2 Å². The molecule has 1 aromatic rings. The molecule has 1 saturated carbocycles. The van der Waals surface area contributed by atoms with Crippen LogP contribution in [0.1, 0.15) is 50.5 Å². The quantitative estimate of drug-likeness (QED) is 0.728. The van der Waals surface area contributed by atoms with Crippen molar-refractivity contribution in [1.82, 2.24) is 10.2 Å². The molecule has 1 heterocycles. The van der Waals surface area contributed by atoms with Gasteiger partial charge in [0.1, 0.15) is 5.82 Å². The summed E-state index contributed by atoms with van der Waals surface area (Å²) in [5.74, 6) is 0.680. The van der Waals surface area contributed by atoms with Crippen LogP contribution in [0.3, 0.4) is 0 Å². The summed E-state index contributed by atoms with van der Waals surface area (Å²) in [6.45, 7) is 0.436. The summed E-state index contributed by atoms with van der Waals surface area (Å²) in [4.78, 5) is 19.4. The van der Waals surface area contributed by atoms with E-state index in [0.29, 0.717) is 19.0 Å². The topological polar surface area (TPSA) is 44.7 Å². The third-order valence-electron chi connectivity index (χ3n) is 5.20. The third-order valence-corrected chi connectivity index (χ3v) is 6.40. The maximum absolute atomic E-state index is 12.9. The summed E-state index contributed by atoms with van der Waals surface area (Å²) < 4.78 is 12.9. The van der Waals surface area contributed by atoms with E-state index in [0.717, 1.165) is 16.5 Å². The van der Waals surface area contributed by atoms with E-state index in [1.807, 2.05) is 7.05 Å². The van der Waals surface area contributed by atoms with Gasteiger partial charge in [-0.05, 0) is 30.5 Å². The Hall–Kier alpha value is -1.27. The second-order valence-corrected chi connectivity index (χ2v) is 8.23. The zero-order chi connectivity index (χ0) is 18.4. The van der Waals surface area contributed by atoms with Crippen molar-refractivity contribution in [2.75, 3.05) is 12.8 Å². The maximum Gasteiger partial charge on any atom is 0.222 e. The number of carbonyl (C=O) groups is 1. The van der Waals surface area contributed by atoms with Crippen LogP contribution in [-0.4, -0.2) is 40.9 Å². The van der Waals surface area contributed by atoms with Crippen LogP contribution in [0.15, 0.2) is 29.3 Å². The largest absolute Gasteiger partial charge is 0.352 e. The van der Waals surface area contributed by atoms with Gasteiger partial charge in [0, 0.05) is 31.8 Å². The Balaban J connectivity index is 0.00000261. The lowest BCUT2D eigenvalue weighted by molar-refractivity contribution is -0.121. The number of rotatable bonds is 5. The predicted molar refractivity (Wildman–Crippen MR) is 113 cm³/mol. The highest BCUT2D eigenvalue weighted by atomic mass is 35.5. The molecule has 0 spiro atoms. The third kappa shape index (κ3) is 6.68. The van der Waals surface area contributed by atoms with Gasteiger partial charge in [0.2, 0.25) is 5.91 Å². The van der Waals surface area contributed by atoms with E-state index in [-0.39, 0.29) is 30.2 Å². The summed E-state index contributed by atoms with van der Waals surface area (Å²) in [7, 11) is 2.05. The Labute approximate surface area is 171 Å². The number of amidine groups is 1. The molecule has 1 aliphatic carbocycles. The van der Waals surface area contributed by atoms with Gasteiger partial charge in [-0.25, -0.2) is 4.39 Å². The standard InChI is InChI=1S/C20H28FN3OS.ClH/c1-24-18(12-19(25)22-13-15-8-10-16(21)11-9-15)14-26-20(24)23-17-6-4-2-3-5-7-17;/h8-11,17-18H,2-7,12-14H2,1H3,(H,22,25);1H. The fourth-order valence-electron chi connectivity index (χ4n) is 3.50. The number of benzene rings is 1. The molecule has 1 unspecified atom stereocenters. The molecule has 150 valence electrons. The van der Waals surface area contributed by atoms with Crippen molar-refractivity contribution in [2.24, 2.45) is 4.99 Å². The highest BCUT2D eigenvalue weighted by molar-refractivity contribution is 8.14. The first kappa shape index (κ1) is 22.0. The van der Waals surface area contributed by atoms with E-state index in [9.17, 15) is 9.18 Å². The molecule has 1 atom stereocenters. The van der Waals surface area contributed by atoms with Gasteiger partial charge >= 0.3 is 0 Å². The van der Waals surface area contributed by atoms with Gasteiger partial charge in [-0.15, -0.1) is 12.4 Å². The molecule has 0 aromatic heterocycles. The highest BCUT2D eigenvalue weighted by Crippen LogP contribution is 2.27. The van der Waals surface area contributed by atoms with E-state index in [1.54, 1.807) is 23.9 Å². The molecule has 2 aliphatic rings. The van der Waals surface area contributed by atoms with Crippen LogP contribution < -0.4 is 5.32 Å². The Morgan fingerprint density at radius 3 is 2.56 bits per heavy atom. The summed E-state index contributed by atoms with van der Waals surface area (Å²) in [5, 5.41) is 4.02. The molecule has 4 nitrogen and oxygen atoms in total. The highest BCUT2D eigenvalue weighted by Gasteiger charge is 2.29. The molecule has 27 heavy (non-hydrogen) atoms. The average molecular weight is 414 g/mol. The van der Waals surface area contributed by atoms with Gasteiger partial charge in [0.05, 0.1) is 6.04 Å². The van der Waals surface area contributed by atoms with Crippen LogP contribution in [0.2, 0.25) is 0 Å². The molecule has 1 N–H and O–H groups in total. The summed E-state index contributed by atoms with van der Waals surface area (Å²) >= 11 is 1.77. The lowest BCUT2D eigenvalue weighted by Crippen LogP contribution is -2.36. The van der Waals surface area contributed by atoms with Crippen LogP contribution in [0, 0.1) is 5.82 Å². The second-order valence-electron chi connectivity index (χ2n) is 7.24. The van der Waals surface area contributed by atoms with Crippen molar-refractivity contribution in [3.05, 3.63) is 35.6 Å². The molecule has 1 amide bonds. The monoisotopic (exact) mass is 413 g/mol. The summed E-state index contributed by atoms with van der Waals surface area (Å²) in [5.41, 5.74) is 0.907. The molecule has 0 bridgehead atoms. The van der Waals surface area contributed by atoms with Gasteiger partial charge in [-0.3, -0.25) is 9.79 Å². The zero-order valence-electron chi connectivity index (χ0n) is 15.8. The van der Waals surface area contributed by atoms with Gasteiger partial charge in [-0.1, -0.05) is 49.6 Å². The van der Waals surface area contributed by atoms with E-state index in [2.05, 4.69) is 10.2 Å². The van der Waals surface area contributed by atoms with Crippen LogP contribution in [0.4, 0.5) is 4.39 Å². The van der Waals surface area contributed by atoms with Gasteiger partial charge in [0.15, 0.2) is 5.17 Å². The molecule has 0 radical (unpaired) electrons. The number of hydrogen-bond acceptors (Lipinski definition) is 3. The van der Waals surface area contributed by atoms with Crippen molar-refractivity contribution in [3.63, 3.8) is 0 Å². The van der Waals surface area contributed by atoms with Crippen molar-refractivity contribution >= 4 is 35.2 Å². The minimum Gasteiger partial charge on any atom is -0.352 e. The lowest BCUT2D eigenvalue weighted by Gasteiger charge is -2.21. The number of aliphatic imine (C=N–C) groups is 1. The van der Waals surface area contributed by atoms with Crippen LogP contribution in [-0.2, 0) is 11.3 Å². The van der Waals surface area contributed by atoms with Crippen molar-refractivity contribution in [1.29, 1.82) is 0 Å². The maximum atomic E-state index is 12.9. The minimum absolute atomic E-state index is 0. The second kappa shape index (κ2) is 10.9. The SMILES string of the molecule is CN1C(=NC2CCCCCC2)SCC1CC(=O)NCc1ccc(F)cc1.Cl. The molecule has 1 saturated heterocycles. The normalized spacial score (nSPS) is 22.4. The van der Waals surface area contributed by atoms with E-state index in [4.69, 9.17) is 4.99 Å².